The maximum Gasteiger partial charge on any atom is 0.328 e. The molecule has 0 aromatic carbocycles. The predicted molar refractivity (Wildman–Crippen MR) is 112 cm³/mol. The molecule has 2 aromatic rings. The molecule has 0 aliphatic carbocycles. The first-order valence-corrected chi connectivity index (χ1v) is 10.5. The Labute approximate surface area is 178 Å². The Bertz CT molecular complexity index is 929. The molecule has 9 heteroatoms. The summed E-state index contributed by atoms with van der Waals surface area (Å²) in [5, 5.41) is 10.3. The van der Waals surface area contributed by atoms with Crippen LogP contribution >= 0.6 is 11.3 Å². The van der Waals surface area contributed by atoms with Crippen molar-refractivity contribution in [3.05, 3.63) is 46.5 Å². The third-order valence-corrected chi connectivity index (χ3v) is 5.48. The van der Waals surface area contributed by atoms with Crippen molar-refractivity contribution in [1.29, 1.82) is 0 Å². The van der Waals surface area contributed by atoms with Crippen LogP contribution in [0.15, 0.2) is 45.4 Å². The van der Waals surface area contributed by atoms with Crippen LogP contribution in [-0.2, 0) is 19.1 Å². The molecule has 2 atom stereocenters. The highest BCUT2D eigenvalue weighted by molar-refractivity contribution is 7.12. The molecular weight excluding hydrogens is 406 g/mol. The van der Waals surface area contributed by atoms with Crippen LogP contribution in [0.1, 0.15) is 50.8 Å². The van der Waals surface area contributed by atoms with E-state index in [-0.39, 0.29) is 5.91 Å². The van der Waals surface area contributed by atoms with Crippen molar-refractivity contribution in [3.63, 3.8) is 0 Å². The number of carbonyl (C=O) groups is 3. The standard InChI is InChI=1S/C21H25N3O5S/c1-13(22-20(27)21(2,3)4)19(26)29-12-18(25)24-15(16-7-5-9-28-16)11-14(23-24)17-8-6-10-30-17/h5-10,13,15H,11-12H2,1-4H3,(H,22,27). The zero-order valence-corrected chi connectivity index (χ0v) is 18.2. The van der Waals surface area contributed by atoms with Crippen LogP contribution < -0.4 is 5.32 Å². The van der Waals surface area contributed by atoms with Gasteiger partial charge in [0.05, 0.1) is 16.9 Å². The molecule has 3 heterocycles. The largest absolute Gasteiger partial charge is 0.467 e. The molecule has 0 fully saturated rings. The minimum Gasteiger partial charge on any atom is -0.467 e. The van der Waals surface area contributed by atoms with Crippen LogP contribution in [-0.4, -0.2) is 41.2 Å². The molecule has 0 spiro atoms. The van der Waals surface area contributed by atoms with Gasteiger partial charge in [-0.05, 0) is 30.5 Å². The molecule has 3 rings (SSSR count). The average molecular weight is 432 g/mol. The zero-order valence-electron chi connectivity index (χ0n) is 17.4. The normalized spacial score (nSPS) is 17.4. The molecule has 1 N–H and O–H groups in total. The molecule has 2 unspecified atom stereocenters. The van der Waals surface area contributed by atoms with E-state index in [0.29, 0.717) is 12.2 Å². The third-order valence-electron chi connectivity index (χ3n) is 4.56. The number of ether oxygens (including phenoxy) is 1. The van der Waals surface area contributed by atoms with E-state index >= 15 is 0 Å². The van der Waals surface area contributed by atoms with Gasteiger partial charge in [0.15, 0.2) is 6.61 Å². The summed E-state index contributed by atoms with van der Waals surface area (Å²) in [6.45, 7) is 6.28. The van der Waals surface area contributed by atoms with Gasteiger partial charge in [-0.3, -0.25) is 9.59 Å². The lowest BCUT2D eigenvalue weighted by molar-refractivity contribution is -0.155. The second-order valence-electron chi connectivity index (χ2n) is 8.05. The highest BCUT2D eigenvalue weighted by atomic mass is 32.1. The van der Waals surface area contributed by atoms with Gasteiger partial charge in [-0.2, -0.15) is 5.10 Å². The Morgan fingerprint density at radius 1 is 1.33 bits per heavy atom. The maximum atomic E-state index is 12.8. The number of thiophene rings is 1. The second-order valence-corrected chi connectivity index (χ2v) is 9.00. The molecule has 0 bridgehead atoms. The second kappa shape index (κ2) is 8.83. The summed E-state index contributed by atoms with van der Waals surface area (Å²) in [4.78, 5) is 38.0. The minimum atomic E-state index is -0.867. The molecule has 160 valence electrons. The summed E-state index contributed by atoms with van der Waals surface area (Å²) in [6.07, 6.45) is 2.05. The smallest absolute Gasteiger partial charge is 0.328 e. The van der Waals surface area contributed by atoms with E-state index < -0.39 is 36.0 Å². The SMILES string of the molecule is CC(NC(=O)C(C)(C)C)C(=O)OCC(=O)N1N=C(c2cccs2)CC1c1ccco1. The molecular formula is C21H25N3O5S. The van der Waals surface area contributed by atoms with E-state index in [1.165, 1.54) is 23.3 Å². The van der Waals surface area contributed by atoms with Gasteiger partial charge in [0.2, 0.25) is 5.91 Å². The summed E-state index contributed by atoms with van der Waals surface area (Å²) in [5.74, 6) is -0.820. The van der Waals surface area contributed by atoms with Crippen molar-refractivity contribution < 1.29 is 23.5 Å². The van der Waals surface area contributed by atoms with E-state index in [1.54, 1.807) is 39.2 Å². The van der Waals surface area contributed by atoms with E-state index in [9.17, 15) is 14.4 Å². The van der Waals surface area contributed by atoms with Crippen molar-refractivity contribution in [1.82, 2.24) is 10.3 Å². The Hall–Kier alpha value is -2.94. The van der Waals surface area contributed by atoms with Crippen molar-refractivity contribution in [3.8, 4) is 0 Å². The number of carbonyl (C=O) groups excluding carboxylic acids is 3. The fraction of sp³-hybridized carbons (Fsp3) is 0.429. The first-order chi connectivity index (χ1) is 14.2. The zero-order chi connectivity index (χ0) is 21.9. The van der Waals surface area contributed by atoms with Crippen LogP contribution in [0.4, 0.5) is 0 Å². The van der Waals surface area contributed by atoms with Crippen molar-refractivity contribution >= 4 is 34.8 Å². The first kappa shape index (κ1) is 21.8. The van der Waals surface area contributed by atoms with Crippen LogP contribution in [0.3, 0.4) is 0 Å². The number of hydrogen-bond donors (Lipinski definition) is 1. The molecule has 0 saturated heterocycles. The number of esters is 1. The quantitative estimate of drug-likeness (QED) is 0.708. The topological polar surface area (TPSA) is 101 Å². The number of hydrazone groups is 1. The van der Waals surface area contributed by atoms with Gasteiger partial charge >= 0.3 is 5.97 Å². The number of furan rings is 1. The lowest BCUT2D eigenvalue weighted by Gasteiger charge is -2.22. The molecule has 8 nitrogen and oxygen atoms in total. The number of hydrogen-bond acceptors (Lipinski definition) is 7. The monoisotopic (exact) mass is 431 g/mol. The number of amides is 2. The Kier molecular flexibility index (Phi) is 6.40. The molecule has 1 aliphatic heterocycles. The van der Waals surface area contributed by atoms with Crippen molar-refractivity contribution in [2.45, 2.75) is 46.2 Å². The summed E-state index contributed by atoms with van der Waals surface area (Å²) in [6, 6.07) is 6.13. The van der Waals surface area contributed by atoms with Gasteiger partial charge in [-0.25, -0.2) is 9.80 Å². The third kappa shape index (κ3) is 4.96. The van der Waals surface area contributed by atoms with Gasteiger partial charge in [-0.15, -0.1) is 11.3 Å². The Morgan fingerprint density at radius 3 is 2.70 bits per heavy atom. The molecule has 1 aliphatic rings. The van der Waals surface area contributed by atoms with Crippen LogP contribution in [0.5, 0.6) is 0 Å². The Balaban J connectivity index is 1.65. The van der Waals surface area contributed by atoms with Gasteiger partial charge in [0.1, 0.15) is 17.8 Å². The van der Waals surface area contributed by atoms with Gasteiger partial charge < -0.3 is 14.5 Å². The van der Waals surface area contributed by atoms with E-state index in [0.717, 1.165) is 10.6 Å². The lowest BCUT2D eigenvalue weighted by atomic mass is 9.95. The molecule has 0 saturated carbocycles. The molecule has 2 amide bonds. The number of rotatable bonds is 6. The summed E-state index contributed by atoms with van der Waals surface area (Å²) >= 11 is 1.54. The lowest BCUT2D eigenvalue weighted by Crippen LogP contribution is -2.45. The van der Waals surface area contributed by atoms with Gasteiger partial charge in [0, 0.05) is 11.8 Å². The van der Waals surface area contributed by atoms with Crippen molar-refractivity contribution in [2.75, 3.05) is 6.61 Å². The molecule has 2 aromatic heterocycles. The van der Waals surface area contributed by atoms with Crippen LogP contribution in [0, 0.1) is 5.41 Å². The highest BCUT2D eigenvalue weighted by Crippen LogP contribution is 2.34. The Morgan fingerprint density at radius 2 is 2.10 bits per heavy atom. The molecule has 30 heavy (non-hydrogen) atoms. The highest BCUT2D eigenvalue weighted by Gasteiger charge is 2.36. The van der Waals surface area contributed by atoms with Gasteiger partial charge in [-0.1, -0.05) is 26.8 Å². The summed E-state index contributed by atoms with van der Waals surface area (Å²) < 4.78 is 10.6. The maximum absolute atomic E-state index is 12.8. The van der Waals surface area contributed by atoms with Gasteiger partial charge in [0.25, 0.3) is 5.91 Å². The van der Waals surface area contributed by atoms with E-state index in [4.69, 9.17) is 9.15 Å². The van der Waals surface area contributed by atoms with E-state index in [2.05, 4.69) is 10.4 Å². The fourth-order valence-electron chi connectivity index (χ4n) is 2.83. The summed E-state index contributed by atoms with van der Waals surface area (Å²) in [7, 11) is 0. The number of nitrogens with one attached hydrogen (secondary N) is 1. The van der Waals surface area contributed by atoms with Crippen LogP contribution in [0.2, 0.25) is 0 Å². The number of nitrogens with zero attached hydrogens (tertiary/aromatic N) is 2. The van der Waals surface area contributed by atoms with E-state index in [1.807, 2.05) is 17.5 Å². The fourth-order valence-corrected chi connectivity index (χ4v) is 3.55. The minimum absolute atomic E-state index is 0.277. The summed E-state index contributed by atoms with van der Waals surface area (Å²) in [5.41, 5.74) is 0.139. The van der Waals surface area contributed by atoms with Crippen LogP contribution in [0.25, 0.3) is 0 Å². The molecule has 0 radical (unpaired) electrons. The first-order valence-electron chi connectivity index (χ1n) is 9.61. The predicted octanol–water partition coefficient (Wildman–Crippen LogP) is 3.11. The van der Waals surface area contributed by atoms with Crippen molar-refractivity contribution in [2.24, 2.45) is 10.5 Å². The average Bonchev–Trinajstić information content (AvgIpc) is 3.45.